The highest BCUT2D eigenvalue weighted by atomic mass is 16.5. The Labute approximate surface area is 198 Å². The minimum Gasteiger partial charge on any atom is -0.495 e. The summed E-state index contributed by atoms with van der Waals surface area (Å²) in [5, 5.41) is 3.04. The van der Waals surface area contributed by atoms with Crippen LogP contribution in [0, 0.1) is 0 Å². The maximum Gasteiger partial charge on any atom is 0.254 e. The summed E-state index contributed by atoms with van der Waals surface area (Å²) in [6, 6.07) is 18.3. The van der Waals surface area contributed by atoms with Crippen molar-refractivity contribution in [2.45, 2.75) is 18.4 Å². The highest BCUT2D eigenvalue weighted by Crippen LogP contribution is 2.48. The Morgan fingerprint density at radius 2 is 1.56 bits per heavy atom. The summed E-state index contributed by atoms with van der Waals surface area (Å²) in [6.07, 6.45) is 0.738. The van der Waals surface area contributed by atoms with Crippen LogP contribution in [0.3, 0.4) is 0 Å². The van der Waals surface area contributed by atoms with Gasteiger partial charge in [-0.15, -0.1) is 0 Å². The van der Waals surface area contributed by atoms with Gasteiger partial charge in [-0.25, -0.2) is 0 Å². The number of benzene rings is 3. The summed E-state index contributed by atoms with van der Waals surface area (Å²) in [6.45, 7) is 0.534. The van der Waals surface area contributed by atoms with Gasteiger partial charge in [-0.05, 0) is 47.4 Å². The molecule has 0 saturated heterocycles. The number of para-hydroxylation sites is 2. The molecule has 2 aliphatic rings. The number of fused-ring (bicyclic) bond motifs is 4. The van der Waals surface area contributed by atoms with Gasteiger partial charge >= 0.3 is 0 Å². The molecule has 1 N–H and O–H groups in total. The SMILES string of the molecule is COc1ccccc1NC(=O)C1c2cc(OC)c(OC)cc2C(=O)N2CCc3ccccc3C12. The Bertz CT molecular complexity index is 1270. The van der Waals surface area contributed by atoms with Crippen LogP contribution in [-0.2, 0) is 11.2 Å². The minimum absolute atomic E-state index is 0.114. The molecular formula is C27H26N2O5. The van der Waals surface area contributed by atoms with E-state index >= 15 is 0 Å². The molecule has 3 aromatic rings. The Balaban J connectivity index is 1.68. The topological polar surface area (TPSA) is 77.1 Å². The molecule has 3 aromatic carbocycles. The summed E-state index contributed by atoms with van der Waals surface area (Å²) in [4.78, 5) is 29.4. The fourth-order valence-corrected chi connectivity index (χ4v) is 5.09. The van der Waals surface area contributed by atoms with E-state index in [4.69, 9.17) is 14.2 Å². The van der Waals surface area contributed by atoms with Crippen molar-refractivity contribution in [2.75, 3.05) is 33.2 Å². The van der Waals surface area contributed by atoms with Crippen LogP contribution in [0.4, 0.5) is 5.69 Å². The molecule has 2 unspecified atom stereocenters. The van der Waals surface area contributed by atoms with Crippen LogP contribution in [0.1, 0.15) is 39.0 Å². The molecule has 34 heavy (non-hydrogen) atoms. The van der Waals surface area contributed by atoms with Crippen LogP contribution >= 0.6 is 0 Å². The highest BCUT2D eigenvalue weighted by molar-refractivity contribution is 6.05. The van der Waals surface area contributed by atoms with Gasteiger partial charge in [-0.3, -0.25) is 9.59 Å². The summed E-state index contributed by atoms with van der Waals surface area (Å²) >= 11 is 0. The van der Waals surface area contributed by atoms with Crippen molar-refractivity contribution in [3.8, 4) is 17.2 Å². The number of nitrogens with one attached hydrogen (secondary N) is 1. The number of anilines is 1. The first kappa shape index (κ1) is 21.8. The molecule has 0 spiro atoms. The number of carbonyl (C=O) groups is 2. The number of ether oxygens (including phenoxy) is 3. The van der Waals surface area contributed by atoms with Crippen molar-refractivity contribution in [2.24, 2.45) is 0 Å². The van der Waals surface area contributed by atoms with Gasteiger partial charge in [0.05, 0.1) is 39.0 Å². The Morgan fingerprint density at radius 3 is 2.32 bits per heavy atom. The summed E-state index contributed by atoms with van der Waals surface area (Å²) in [5.41, 5.74) is 3.78. The molecule has 0 bridgehead atoms. The number of rotatable bonds is 5. The number of carbonyl (C=O) groups excluding carboxylic acids is 2. The fraction of sp³-hybridized carbons (Fsp3) is 0.259. The van der Waals surface area contributed by atoms with Gasteiger partial charge in [0.15, 0.2) is 11.5 Å². The van der Waals surface area contributed by atoms with Gasteiger partial charge in [0.2, 0.25) is 5.91 Å². The molecule has 174 valence electrons. The molecule has 0 aromatic heterocycles. The van der Waals surface area contributed by atoms with E-state index in [9.17, 15) is 9.59 Å². The lowest BCUT2D eigenvalue weighted by Crippen LogP contribution is -2.49. The molecule has 2 atom stereocenters. The normalized spacial score (nSPS) is 18.3. The Morgan fingerprint density at radius 1 is 0.882 bits per heavy atom. The second kappa shape index (κ2) is 8.74. The smallest absolute Gasteiger partial charge is 0.254 e. The maximum absolute atomic E-state index is 13.9. The Kier molecular flexibility index (Phi) is 5.61. The van der Waals surface area contributed by atoms with Crippen molar-refractivity contribution in [3.63, 3.8) is 0 Å². The lowest BCUT2D eigenvalue weighted by atomic mass is 9.75. The molecule has 2 aliphatic heterocycles. The maximum atomic E-state index is 13.9. The van der Waals surface area contributed by atoms with Gasteiger partial charge in [-0.2, -0.15) is 0 Å². The van der Waals surface area contributed by atoms with E-state index in [1.54, 1.807) is 38.5 Å². The number of amides is 2. The molecule has 2 heterocycles. The summed E-state index contributed by atoms with van der Waals surface area (Å²) < 4.78 is 16.4. The first-order valence-electron chi connectivity index (χ1n) is 11.2. The zero-order chi connectivity index (χ0) is 23.8. The van der Waals surface area contributed by atoms with Crippen molar-refractivity contribution < 1.29 is 23.8 Å². The number of hydrogen-bond acceptors (Lipinski definition) is 5. The predicted octanol–water partition coefficient (Wildman–Crippen LogP) is 4.19. The largest absolute Gasteiger partial charge is 0.495 e. The predicted molar refractivity (Wildman–Crippen MR) is 128 cm³/mol. The second-order valence-corrected chi connectivity index (χ2v) is 8.35. The summed E-state index contributed by atoms with van der Waals surface area (Å²) in [7, 11) is 4.64. The summed E-state index contributed by atoms with van der Waals surface area (Å²) in [5.74, 6) is 0.500. The van der Waals surface area contributed by atoms with E-state index in [0.717, 1.165) is 17.5 Å². The molecule has 0 saturated carbocycles. The van der Waals surface area contributed by atoms with Crippen LogP contribution in [-0.4, -0.2) is 44.6 Å². The van der Waals surface area contributed by atoms with Gasteiger partial charge in [0.25, 0.3) is 5.91 Å². The average Bonchev–Trinajstić information content (AvgIpc) is 2.88. The van der Waals surface area contributed by atoms with E-state index in [1.807, 2.05) is 35.2 Å². The van der Waals surface area contributed by atoms with Crippen molar-refractivity contribution in [1.82, 2.24) is 4.90 Å². The number of hydrogen-bond donors (Lipinski definition) is 1. The van der Waals surface area contributed by atoms with E-state index in [-0.39, 0.29) is 11.8 Å². The van der Waals surface area contributed by atoms with Crippen LogP contribution in [0.2, 0.25) is 0 Å². The lowest BCUT2D eigenvalue weighted by Gasteiger charge is -2.45. The van der Waals surface area contributed by atoms with E-state index in [0.29, 0.717) is 40.6 Å². The second-order valence-electron chi connectivity index (χ2n) is 8.35. The van der Waals surface area contributed by atoms with E-state index in [1.165, 1.54) is 7.11 Å². The molecule has 7 nitrogen and oxygen atoms in total. The molecule has 0 radical (unpaired) electrons. The molecule has 5 rings (SSSR count). The molecule has 0 fully saturated rings. The van der Waals surface area contributed by atoms with Crippen LogP contribution < -0.4 is 19.5 Å². The lowest BCUT2D eigenvalue weighted by molar-refractivity contribution is -0.119. The third-order valence-electron chi connectivity index (χ3n) is 6.68. The first-order valence-corrected chi connectivity index (χ1v) is 11.2. The Hall–Kier alpha value is -4.00. The third kappa shape index (κ3) is 3.44. The van der Waals surface area contributed by atoms with Crippen LogP contribution in [0.15, 0.2) is 60.7 Å². The zero-order valence-corrected chi connectivity index (χ0v) is 19.3. The van der Waals surface area contributed by atoms with E-state index in [2.05, 4.69) is 11.4 Å². The number of nitrogens with zero attached hydrogens (tertiary/aromatic N) is 1. The average molecular weight is 459 g/mol. The van der Waals surface area contributed by atoms with Gasteiger partial charge in [0, 0.05) is 12.1 Å². The van der Waals surface area contributed by atoms with Gasteiger partial charge < -0.3 is 24.4 Å². The first-order chi connectivity index (χ1) is 16.6. The molecule has 2 amide bonds. The minimum atomic E-state index is -0.654. The third-order valence-corrected chi connectivity index (χ3v) is 6.68. The monoisotopic (exact) mass is 458 g/mol. The van der Waals surface area contributed by atoms with Crippen LogP contribution in [0.5, 0.6) is 17.2 Å². The number of methoxy groups -OCH3 is 3. The van der Waals surface area contributed by atoms with Gasteiger partial charge in [-0.1, -0.05) is 36.4 Å². The molecule has 7 heteroatoms. The molecular weight excluding hydrogens is 432 g/mol. The quantitative estimate of drug-likeness (QED) is 0.621. The fourth-order valence-electron chi connectivity index (χ4n) is 5.09. The van der Waals surface area contributed by atoms with E-state index < -0.39 is 12.0 Å². The van der Waals surface area contributed by atoms with Gasteiger partial charge in [0.1, 0.15) is 5.75 Å². The van der Waals surface area contributed by atoms with Crippen molar-refractivity contribution in [3.05, 3.63) is 82.9 Å². The van der Waals surface area contributed by atoms with Crippen molar-refractivity contribution >= 4 is 17.5 Å². The van der Waals surface area contributed by atoms with Crippen molar-refractivity contribution in [1.29, 1.82) is 0 Å². The standard InChI is InChI=1S/C27H26N2O5/c1-32-21-11-7-6-10-20(21)28-26(30)24-18-14-22(33-2)23(34-3)15-19(18)27(31)29-13-12-16-8-4-5-9-17(16)25(24)29/h4-11,14-15,24-25H,12-13H2,1-3H3,(H,28,30). The van der Waals surface area contributed by atoms with Crippen LogP contribution in [0.25, 0.3) is 0 Å². The zero-order valence-electron chi connectivity index (χ0n) is 19.3. The molecule has 0 aliphatic carbocycles. The highest BCUT2D eigenvalue weighted by Gasteiger charge is 2.47.